The number of nitrogens with two attached hydrogens (primary N) is 1. The summed E-state index contributed by atoms with van der Waals surface area (Å²) in [5.74, 6) is 1.39. The van der Waals surface area contributed by atoms with Crippen LogP contribution in [-0.4, -0.2) is 20.4 Å². The SMILES string of the molecule is Cc1ccc(-n2nc(C(C)(C)C)cc2NC(=O)N[C@@H]2C[C@H](Oc3ccc(=N)n(C(N)C(C)C)c3)c3ccccc32)cc1. The van der Waals surface area contributed by atoms with Gasteiger partial charge in [0.05, 0.1) is 23.6 Å². The number of aryl methyl sites for hydroxylation is 1. The Labute approximate surface area is 247 Å². The molecule has 2 amide bonds. The van der Waals surface area contributed by atoms with Crippen LogP contribution >= 0.6 is 0 Å². The van der Waals surface area contributed by atoms with Crippen molar-refractivity contribution >= 4 is 11.8 Å². The van der Waals surface area contributed by atoms with E-state index in [1.165, 1.54) is 0 Å². The van der Waals surface area contributed by atoms with Gasteiger partial charge in [-0.1, -0.05) is 76.6 Å². The number of ether oxygens (including phenoxy) is 1. The van der Waals surface area contributed by atoms with Gasteiger partial charge >= 0.3 is 6.03 Å². The normalized spacial score (nSPS) is 17.1. The van der Waals surface area contributed by atoms with E-state index < -0.39 is 0 Å². The first-order chi connectivity index (χ1) is 19.9. The number of urea groups is 1. The summed E-state index contributed by atoms with van der Waals surface area (Å²) >= 11 is 0. The van der Waals surface area contributed by atoms with Gasteiger partial charge in [0, 0.05) is 24.1 Å². The quantitative estimate of drug-likeness (QED) is 0.210. The Hall–Kier alpha value is -4.37. The van der Waals surface area contributed by atoms with Crippen molar-refractivity contribution in [1.82, 2.24) is 19.7 Å². The Morgan fingerprint density at radius 3 is 2.43 bits per heavy atom. The number of hydrogen-bond acceptors (Lipinski definition) is 5. The lowest BCUT2D eigenvalue weighted by Gasteiger charge is -2.22. The molecule has 0 spiro atoms. The maximum Gasteiger partial charge on any atom is 0.320 e. The van der Waals surface area contributed by atoms with Crippen molar-refractivity contribution in [3.05, 3.63) is 101 Å². The Morgan fingerprint density at radius 2 is 1.76 bits per heavy atom. The highest BCUT2D eigenvalue weighted by atomic mass is 16.5. The maximum absolute atomic E-state index is 13.4. The first kappa shape index (κ1) is 29.1. The van der Waals surface area contributed by atoms with Crippen LogP contribution in [0.1, 0.15) is 81.7 Å². The van der Waals surface area contributed by atoms with Gasteiger partial charge in [0.1, 0.15) is 23.2 Å². The Kier molecular flexibility index (Phi) is 7.97. The van der Waals surface area contributed by atoms with Gasteiger partial charge in [-0.15, -0.1) is 0 Å². The molecule has 1 aliphatic carbocycles. The number of amides is 2. The summed E-state index contributed by atoms with van der Waals surface area (Å²) < 4.78 is 9.95. The number of anilines is 1. The van der Waals surface area contributed by atoms with Gasteiger partial charge in [-0.25, -0.2) is 9.48 Å². The highest BCUT2D eigenvalue weighted by Gasteiger charge is 2.34. The Balaban J connectivity index is 1.35. The number of pyridine rings is 1. The second kappa shape index (κ2) is 11.5. The highest BCUT2D eigenvalue weighted by molar-refractivity contribution is 5.89. The zero-order valence-electron chi connectivity index (χ0n) is 25.2. The molecule has 0 aliphatic heterocycles. The lowest BCUT2D eigenvalue weighted by molar-refractivity contribution is 0.192. The Morgan fingerprint density at radius 1 is 1.07 bits per heavy atom. The zero-order chi connectivity index (χ0) is 30.2. The molecule has 9 nitrogen and oxygen atoms in total. The third kappa shape index (κ3) is 6.11. The van der Waals surface area contributed by atoms with Gasteiger partial charge in [-0.05, 0) is 48.2 Å². The number of carbonyl (C=O) groups is 1. The minimum absolute atomic E-state index is 0.162. The van der Waals surface area contributed by atoms with Gasteiger partial charge in [0.2, 0.25) is 0 Å². The molecule has 2 aromatic carbocycles. The molecule has 5 N–H and O–H groups in total. The molecule has 42 heavy (non-hydrogen) atoms. The van der Waals surface area contributed by atoms with Crippen LogP contribution in [0.5, 0.6) is 5.75 Å². The minimum Gasteiger partial charge on any atom is -0.484 e. The molecule has 1 unspecified atom stereocenters. The van der Waals surface area contributed by atoms with Crippen LogP contribution in [0.2, 0.25) is 0 Å². The van der Waals surface area contributed by atoms with Crippen LogP contribution in [0, 0.1) is 18.3 Å². The van der Waals surface area contributed by atoms with Crippen LogP contribution in [-0.2, 0) is 5.41 Å². The number of fused-ring (bicyclic) bond motifs is 1. The molecule has 9 heteroatoms. The first-order valence-electron chi connectivity index (χ1n) is 14.4. The van der Waals surface area contributed by atoms with Crippen molar-refractivity contribution in [2.24, 2.45) is 11.7 Å². The van der Waals surface area contributed by atoms with Crippen LogP contribution in [0.3, 0.4) is 0 Å². The van der Waals surface area contributed by atoms with E-state index in [1.807, 2.05) is 75.4 Å². The molecule has 0 bridgehead atoms. The third-order valence-corrected chi connectivity index (χ3v) is 7.70. The van der Waals surface area contributed by atoms with Crippen molar-refractivity contribution in [3.63, 3.8) is 0 Å². The monoisotopic (exact) mass is 567 g/mol. The van der Waals surface area contributed by atoms with Crippen LogP contribution in [0.4, 0.5) is 10.6 Å². The molecule has 0 saturated heterocycles. The fourth-order valence-corrected chi connectivity index (χ4v) is 5.17. The van der Waals surface area contributed by atoms with Crippen molar-refractivity contribution < 1.29 is 9.53 Å². The van der Waals surface area contributed by atoms with E-state index >= 15 is 0 Å². The van der Waals surface area contributed by atoms with Gasteiger partial charge in [0.15, 0.2) is 0 Å². The summed E-state index contributed by atoms with van der Waals surface area (Å²) in [4.78, 5) is 13.4. The highest BCUT2D eigenvalue weighted by Crippen LogP contribution is 2.41. The van der Waals surface area contributed by atoms with E-state index in [0.29, 0.717) is 23.5 Å². The number of rotatable bonds is 7. The molecular formula is C33H41N7O2. The van der Waals surface area contributed by atoms with E-state index in [2.05, 4.69) is 31.4 Å². The fourth-order valence-electron chi connectivity index (χ4n) is 5.17. The van der Waals surface area contributed by atoms with Gasteiger partial charge in [-0.2, -0.15) is 5.10 Å². The molecule has 2 heterocycles. The number of benzene rings is 2. The van der Waals surface area contributed by atoms with Gasteiger partial charge in [0.25, 0.3) is 0 Å². The molecule has 0 saturated carbocycles. The van der Waals surface area contributed by atoms with Crippen molar-refractivity contribution in [1.29, 1.82) is 5.41 Å². The average Bonchev–Trinajstić information content (AvgIpc) is 3.51. The number of aromatic nitrogens is 3. The van der Waals surface area contributed by atoms with Crippen LogP contribution in [0.25, 0.3) is 5.69 Å². The summed E-state index contributed by atoms with van der Waals surface area (Å²) in [5, 5.41) is 19.3. The van der Waals surface area contributed by atoms with E-state index in [4.69, 9.17) is 21.0 Å². The van der Waals surface area contributed by atoms with E-state index in [-0.39, 0.29) is 35.7 Å². The largest absolute Gasteiger partial charge is 0.484 e. The van der Waals surface area contributed by atoms with Gasteiger partial charge < -0.3 is 20.4 Å². The van der Waals surface area contributed by atoms with E-state index in [0.717, 1.165) is 28.1 Å². The zero-order valence-corrected chi connectivity index (χ0v) is 25.2. The number of carbonyl (C=O) groups excluding carboxylic acids is 1. The predicted molar refractivity (Wildman–Crippen MR) is 165 cm³/mol. The van der Waals surface area contributed by atoms with Crippen molar-refractivity contribution in [2.45, 2.75) is 71.7 Å². The topological polar surface area (TPSA) is 123 Å². The van der Waals surface area contributed by atoms with E-state index in [9.17, 15) is 4.79 Å². The lowest BCUT2D eigenvalue weighted by atomic mass is 9.92. The molecule has 5 rings (SSSR count). The standard InChI is InChI=1S/C33H41N7O2/c1-20(2)31(35)39-19-23(15-16-29(39)34)42-27-17-26(24-9-7-8-10-25(24)27)36-32(41)37-30-18-28(33(4,5)6)38-40(30)22-13-11-21(3)12-14-22/h7-16,18-20,26-27,31,34H,17,35H2,1-6H3,(H2,36,37,41)/t26-,27+,31?/m1/s1. The smallest absolute Gasteiger partial charge is 0.320 e. The Bertz CT molecular complexity index is 1630. The third-order valence-electron chi connectivity index (χ3n) is 7.70. The summed E-state index contributed by atoms with van der Waals surface area (Å²) in [5.41, 5.74) is 11.4. The average molecular weight is 568 g/mol. The molecular weight excluding hydrogens is 526 g/mol. The summed E-state index contributed by atoms with van der Waals surface area (Å²) in [7, 11) is 0. The molecule has 220 valence electrons. The molecule has 2 aromatic heterocycles. The second-order valence-electron chi connectivity index (χ2n) is 12.4. The molecule has 3 atom stereocenters. The fraction of sp³-hybridized carbons (Fsp3) is 0.364. The minimum atomic E-state index is -0.331. The number of nitrogens with zero attached hydrogens (tertiary/aromatic N) is 3. The summed E-state index contributed by atoms with van der Waals surface area (Å²) in [6.07, 6.45) is 1.76. The first-order valence-corrected chi connectivity index (χ1v) is 14.4. The maximum atomic E-state index is 13.4. The number of hydrogen-bond donors (Lipinski definition) is 4. The molecule has 0 radical (unpaired) electrons. The van der Waals surface area contributed by atoms with Crippen molar-refractivity contribution in [3.8, 4) is 11.4 Å². The van der Waals surface area contributed by atoms with E-state index in [1.54, 1.807) is 27.6 Å². The van der Waals surface area contributed by atoms with Crippen molar-refractivity contribution in [2.75, 3.05) is 5.32 Å². The van der Waals surface area contributed by atoms with Crippen LogP contribution < -0.4 is 26.6 Å². The lowest BCUT2D eigenvalue weighted by Crippen LogP contribution is -2.33. The molecule has 4 aromatic rings. The van der Waals surface area contributed by atoms with Crippen LogP contribution in [0.15, 0.2) is 72.9 Å². The van der Waals surface area contributed by atoms with Gasteiger partial charge in [-0.3, -0.25) is 10.7 Å². The molecule has 0 fully saturated rings. The molecule has 1 aliphatic rings. The summed E-state index contributed by atoms with van der Waals surface area (Å²) in [6, 6.07) is 20.9. The number of nitrogens with one attached hydrogen (secondary N) is 3. The summed E-state index contributed by atoms with van der Waals surface area (Å²) in [6.45, 7) is 12.4. The predicted octanol–water partition coefficient (Wildman–Crippen LogP) is 6.26. The second-order valence-corrected chi connectivity index (χ2v) is 12.4.